The Labute approximate surface area is 166 Å². The summed E-state index contributed by atoms with van der Waals surface area (Å²) in [6.07, 6.45) is 0. The van der Waals surface area contributed by atoms with E-state index >= 15 is 0 Å². The predicted molar refractivity (Wildman–Crippen MR) is 104 cm³/mol. The Morgan fingerprint density at radius 3 is 2.64 bits per heavy atom. The van der Waals surface area contributed by atoms with Crippen LogP contribution in [0.5, 0.6) is 5.75 Å². The van der Waals surface area contributed by atoms with Gasteiger partial charge in [0.15, 0.2) is 6.61 Å². The molecular formula is C19H16NO6S2. The van der Waals surface area contributed by atoms with Gasteiger partial charge in [0, 0.05) is 16.0 Å². The van der Waals surface area contributed by atoms with E-state index in [9.17, 15) is 17.8 Å². The molecule has 0 bridgehead atoms. The Balaban J connectivity index is 2.18. The van der Waals surface area contributed by atoms with Gasteiger partial charge in [0.1, 0.15) is 15.7 Å². The van der Waals surface area contributed by atoms with Gasteiger partial charge in [-0.1, -0.05) is 24.3 Å². The van der Waals surface area contributed by atoms with Crippen LogP contribution in [-0.2, 0) is 14.9 Å². The monoisotopic (exact) mass is 418 g/mol. The first-order valence-corrected chi connectivity index (χ1v) is 10.3. The molecular weight excluding hydrogens is 402 g/mol. The van der Waals surface area contributed by atoms with Crippen LogP contribution in [0, 0.1) is 19.9 Å². The molecule has 1 radical (unpaired) electrons. The number of carboxylic acids is 1. The van der Waals surface area contributed by atoms with Gasteiger partial charge >= 0.3 is 5.97 Å². The number of ether oxygens (including phenoxy) is 1. The smallest absolute Gasteiger partial charge is 0.341 e. The fourth-order valence-corrected chi connectivity index (χ4v) is 4.49. The molecule has 145 valence electrons. The van der Waals surface area contributed by atoms with Crippen molar-refractivity contribution in [3.05, 3.63) is 53.0 Å². The highest BCUT2D eigenvalue weighted by molar-refractivity contribution is 7.86. The second-order valence-corrected chi connectivity index (χ2v) is 8.50. The minimum absolute atomic E-state index is 0.179. The lowest BCUT2D eigenvalue weighted by Crippen LogP contribution is -2.09. The van der Waals surface area contributed by atoms with E-state index in [1.807, 2.05) is 13.8 Å². The van der Waals surface area contributed by atoms with Crippen molar-refractivity contribution in [2.45, 2.75) is 18.7 Å². The van der Waals surface area contributed by atoms with Crippen molar-refractivity contribution in [2.75, 3.05) is 6.61 Å². The summed E-state index contributed by atoms with van der Waals surface area (Å²) in [5, 5.41) is 9.18. The molecule has 1 aromatic heterocycles. The van der Waals surface area contributed by atoms with Crippen LogP contribution < -0.4 is 4.74 Å². The Hall–Kier alpha value is -2.75. The molecule has 0 aliphatic carbocycles. The molecule has 0 fully saturated rings. The zero-order valence-corrected chi connectivity index (χ0v) is 16.6. The molecule has 0 atom stereocenters. The third-order valence-electron chi connectivity index (χ3n) is 3.96. The first-order chi connectivity index (χ1) is 13.2. The summed E-state index contributed by atoms with van der Waals surface area (Å²) in [4.78, 5) is 15.7. The van der Waals surface area contributed by atoms with Crippen molar-refractivity contribution < 1.29 is 27.6 Å². The summed E-state index contributed by atoms with van der Waals surface area (Å²) in [5.74, 6) is -0.869. The Kier molecular flexibility index (Phi) is 5.50. The highest BCUT2D eigenvalue weighted by Gasteiger charge is 2.24. The molecule has 0 saturated carbocycles. The number of aliphatic carboxylic acids is 1. The van der Waals surface area contributed by atoms with Crippen molar-refractivity contribution in [2.24, 2.45) is 0 Å². The quantitative estimate of drug-likeness (QED) is 0.588. The van der Waals surface area contributed by atoms with Gasteiger partial charge in [0.05, 0.1) is 5.69 Å². The number of hydrogen-bond donors (Lipinski definition) is 2. The molecule has 3 rings (SSSR count). The highest BCUT2D eigenvalue weighted by atomic mass is 32.2. The summed E-state index contributed by atoms with van der Waals surface area (Å²) in [6.45, 7) is 3.16. The number of aromatic nitrogens is 1. The summed E-state index contributed by atoms with van der Waals surface area (Å²) in [5.41, 5.74) is 1.63. The van der Waals surface area contributed by atoms with Gasteiger partial charge in [-0.3, -0.25) is 4.55 Å². The lowest BCUT2D eigenvalue weighted by Gasteiger charge is -2.12. The molecule has 7 nitrogen and oxygen atoms in total. The number of aryl methyl sites for hydroxylation is 2. The van der Waals surface area contributed by atoms with Crippen molar-refractivity contribution in [1.29, 1.82) is 0 Å². The van der Waals surface area contributed by atoms with E-state index in [2.05, 4.69) is 11.1 Å². The molecule has 0 saturated heterocycles. The van der Waals surface area contributed by atoms with E-state index in [4.69, 9.17) is 9.84 Å². The lowest BCUT2D eigenvalue weighted by molar-refractivity contribution is -0.139. The molecule has 0 spiro atoms. The maximum Gasteiger partial charge on any atom is 0.341 e. The Morgan fingerprint density at radius 2 is 2.04 bits per heavy atom. The minimum atomic E-state index is -4.60. The summed E-state index contributed by atoms with van der Waals surface area (Å²) in [6, 6.07) is 12.2. The fourth-order valence-electron chi connectivity index (χ4n) is 2.62. The van der Waals surface area contributed by atoms with Crippen molar-refractivity contribution >= 4 is 27.4 Å². The zero-order chi connectivity index (χ0) is 20.5. The maximum atomic E-state index is 12.2. The summed E-state index contributed by atoms with van der Waals surface area (Å²) < 4.78 is 39.5. The predicted octanol–water partition coefficient (Wildman–Crippen LogP) is 3.60. The van der Waals surface area contributed by atoms with Gasteiger partial charge in [0.2, 0.25) is 0 Å². The van der Waals surface area contributed by atoms with Crippen LogP contribution in [0.4, 0.5) is 0 Å². The van der Waals surface area contributed by atoms with E-state index in [1.165, 1.54) is 23.5 Å². The normalized spacial score (nSPS) is 11.4. The number of nitrogens with zero attached hydrogens (tertiary/aromatic N) is 1. The molecule has 3 aromatic rings. The summed E-state index contributed by atoms with van der Waals surface area (Å²) in [7, 11) is -4.60. The number of rotatable bonds is 6. The van der Waals surface area contributed by atoms with E-state index in [0.29, 0.717) is 10.6 Å². The lowest BCUT2D eigenvalue weighted by atomic mass is 10.0. The molecule has 28 heavy (non-hydrogen) atoms. The topological polar surface area (TPSA) is 114 Å². The van der Waals surface area contributed by atoms with Crippen LogP contribution in [0.15, 0.2) is 41.3 Å². The second-order valence-electron chi connectivity index (χ2n) is 5.94. The van der Waals surface area contributed by atoms with Gasteiger partial charge in [-0.15, -0.1) is 11.3 Å². The SMILES string of the molecule is Cc1nc(-c2[c]ccc(-c3cccc(OCC(=O)O)c3)c2S(=O)(=O)O)sc1C. The van der Waals surface area contributed by atoms with Gasteiger partial charge in [0.25, 0.3) is 10.1 Å². The number of carbonyl (C=O) groups is 1. The van der Waals surface area contributed by atoms with Crippen LogP contribution in [0.3, 0.4) is 0 Å². The first-order valence-electron chi connectivity index (χ1n) is 8.08. The van der Waals surface area contributed by atoms with E-state index in [-0.39, 0.29) is 21.8 Å². The molecule has 2 aromatic carbocycles. The van der Waals surface area contributed by atoms with Crippen LogP contribution in [0.1, 0.15) is 10.6 Å². The second kappa shape index (κ2) is 7.70. The third kappa shape index (κ3) is 4.22. The van der Waals surface area contributed by atoms with E-state index in [0.717, 1.165) is 10.6 Å². The largest absolute Gasteiger partial charge is 0.482 e. The van der Waals surface area contributed by atoms with Crippen LogP contribution in [-0.4, -0.2) is 35.6 Å². The standard InChI is InChI=1S/C19H16NO6S2/c1-11-12(2)27-19(20-11)16-8-4-7-15(18(16)28(23,24)25)13-5-3-6-14(9-13)26-10-17(21)22/h3-7,9H,10H2,1-2H3,(H,21,22)(H,23,24,25). The average Bonchev–Trinajstić information content (AvgIpc) is 2.97. The van der Waals surface area contributed by atoms with Crippen molar-refractivity contribution in [3.8, 4) is 27.4 Å². The third-order valence-corrected chi connectivity index (χ3v) is 5.99. The van der Waals surface area contributed by atoms with Gasteiger partial charge in [-0.05, 0) is 37.6 Å². The van der Waals surface area contributed by atoms with Crippen LogP contribution in [0.2, 0.25) is 0 Å². The van der Waals surface area contributed by atoms with E-state index < -0.39 is 22.7 Å². The van der Waals surface area contributed by atoms with Gasteiger partial charge in [-0.25, -0.2) is 9.78 Å². The van der Waals surface area contributed by atoms with E-state index in [1.54, 1.807) is 24.3 Å². The molecule has 0 amide bonds. The number of hydrogen-bond acceptors (Lipinski definition) is 6. The maximum absolute atomic E-state index is 12.2. The van der Waals surface area contributed by atoms with Gasteiger partial charge in [-0.2, -0.15) is 8.42 Å². The Bertz CT molecular complexity index is 1130. The zero-order valence-electron chi connectivity index (χ0n) is 15.0. The fraction of sp³-hybridized carbons (Fsp3) is 0.158. The molecule has 1 heterocycles. The Morgan fingerprint density at radius 1 is 1.29 bits per heavy atom. The van der Waals surface area contributed by atoms with Crippen LogP contribution >= 0.6 is 11.3 Å². The van der Waals surface area contributed by atoms with Gasteiger partial charge < -0.3 is 9.84 Å². The number of benzene rings is 2. The molecule has 0 aliphatic heterocycles. The number of carboxylic acid groups (broad SMARTS) is 1. The summed E-state index contributed by atoms with van der Waals surface area (Å²) >= 11 is 1.31. The highest BCUT2D eigenvalue weighted by Crippen LogP contribution is 2.38. The first kappa shape index (κ1) is 20.0. The minimum Gasteiger partial charge on any atom is -0.482 e. The molecule has 9 heteroatoms. The van der Waals surface area contributed by atoms with Crippen molar-refractivity contribution in [1.82, 2.24) is 4.98 Å². The molecule has 0 aliphatic rings. The number of thiazole rings is 1. The molecule has 0 unspecified atom stereocenters. The van der Waals surface area contributed by atoms with Crippen molar-refractivity contribution in [3.63, 3.8) is 0 Å². The average molecular weight is 418 g/mol. The van der Waals surface area contributed by atoms with Crippen LogP contribution in [0.25, 0.3) is 21.7 Å². The molecule has 2 N–H and O–H groups in total.